The van der Waals surface area contributed by atoms with Gasteiger partial charge in [0.05, 0.1) is 0 Å². The van der Waals surface area contributed by atoms with Gasteiger partial charge in [-0.3, -0.25) is 0 Å². The van der Waals surface area contributed by atoms with E-state index in [-0.39, 0.29) is 0 Å². The van der Waals surface area contributed by atoms with Gasteiger partial charge in [0.15, 0.2) is 0 Å². The molecular weight excluding hydrogens is 206 g/mol. The third-order valence-corrected chi connectivity index (χ3v) is 4.12. The Morgan fingerprint density at radius 1 is 1.18 bits per heavy atom. The molecule has 1 nitrogen and oxygen atoms in total. The second kappa shape index (κ2) is 5.57. The first-order chi connectivity index (χ1) is 8.19. The zero-order valence-corrected chi connectivity index (χ0v) is 11.4. The molecule has 1 N–H and O–H groups in total. The molecule has 0 radical (unpaired) electrons. The molecule has 1 heteroatoms. The summed E-state index contributed by atoms with van der Waals surface area (Å²) in [6.07, 6.45) is 6.55. The van der Waals surface area contributed by atoms with E-state index in [1.165, 1.54) is 42.5 Å². The predicted octanol–water partition coefficient (Wildman–Crippen LogP) is 4.55. The normalized spacial score (nSPS) is 24.6. The Balaban J connectivity index is 1.99. The lowest BCUT2D eigenvalue weighted by Crippen LogP contribution is -2.25. The highest BCUT2D eigenvalue weighted by molar-refractivity contribution is 5.49. The first-order valence-corrected chi connectivity index (χ1v) is 7.05. The van der Waals surface area contributed by atoms with E-state index in [1.807, 2.05) is 0 Å². The molecule has 17 heavy (non-hydrogen) atoms. The smallest absolute Gasteiger partial charge is 0.0345 e. The summed E-state index contributed by atoms with van der Waals surface area (Å²) in [5.41, 5.74) is 4.20. The van der Waals surface area contributed by atoms with Gasteiger partial charge in [-0.15, -0.1) is 0 Å². The fraction of sp³-hybridized carbons (Fsp3) is 0.625. The fourth-order valence-electron chi connectivity index (χ4n) is 2.78. The van der Waals surface area contributed by atoms with E-state index >= 15 is 0 Å². The molecule has 0 bridgehead atoms. The molecule has 1 aromatic carbocycles. The third-order valence-electron chi connectivity index (χ3n) is 4.12. The topological polar surface area (TPSA) is 12.0 Å². The largest absolute Gasteiger partial charge is 0.382 e. The maximum Gasteiger partial charge on any atom is 0.0345 e. The van der Waals surface area contributed by atoms with Crippen molar-refractivity contribution >= 4 is 5.69 Å². The summed E-state index contributed by atoms with van der Waals surface area (Å²) >= 11 is 0. The van der Waals surface area contributed by atoms with E-state index in [2.05, 4.69) is 44.3 Å². The van der Waals surface area contributed by atoms with Crippen LogP contribution >= 0.6 is 0 Å². The summed E-state index contributed by atoms with van der Waals surface area (Å²) in [5.74, 6) is 0.928. The molecule has 1 aromatic rings. The second-order valence-electron chi connectivity index (χ2n) is 5.60. The van der Waals surface area contributed by atoms with Crippen molar-refractivity contribution in [2.75, 3.05) is 5.32 Å². The van der Waals surface area contributed by atoms with Crippen molar-refractivity contribution < 1.29 is 0 Å². The van der Waals surface area contributed by atoms with Crippen LogP contribution in [0.5, 0.6) is 0 Å². The Labute approximate surface area is 106 Å². The number of nitrogens with one attached hydrogen (secondary N) is 1. The number of anilines is 1. The Bertz CT molecular complexity index is 362. The molecule has 2 rings (SSSR count). The first kappa shape index (κ1) is 12.5. The molecule has 94 valence electrons. The van der Waals surface area contributed by atoms with Crippen LogP contribution < -0.4 is 5.32 Å². The summed E-state index contributed by atoms with van der Waals surface area (Å²) in [6.45, 7) is 6.80. The average molecular weight is 231 g/mol. The molecular formula is C16H25N. The highest BCUT2D eigenvalue weighted by atomic mass is 14.9. The molecule has 0 saturated heterocycles. The van der Waals surface area contributed by atoms with Gasteiger partial charge in [0.2, 0.25) is 0 Å². The third kappa shape index (κ3) is 3.24. The molecule has 0 heterocycles. The molecule has 0 aliphatic heterocycles. The SMILES string of the molecule is CCc1cc(NC2CCC(C)CC2)ccc1C. The quantitative estimate of drug-likeness (QED) is 0.805. The zero-order valence-electron chi connectivity index (χ0n) is 11.4. The van der Waals surface area contributed by atoms with Crippen molar-refractivity contribution in [2.24, 2.45) is 5.92 Å². The van der Waals surface area contributed by atoms with E-state index in [9.17, 15) is 0 Å². The van der Waals surface area contributed by atoms with Crippen LogP contribution in [0, 0.1) is 12.8 Å². The van der Waals surface area contributed by atoms with Gasteiger partial charge in [-0.1, -0.05) is 19.9 Å². The van der Waals surface area contributed by atoms with Gasteiger partial charge in [-0.25, -0.2) is 0 Å². The molecule has 1 fully saturated rings. The van der Waals surface area contributed by atoms with E-state index in [4.69, 9.17) is 0 Å². The number of hydrogen-bond acceptors (Lipinski definition) is 1. The minimum absolute atomic E-state index is 0.693. The van der Waals surface area contributed by atoms with Gasteiger partial charge in [0.1, 0.15) is 0 Å². The number of benzene rings is 1. The van der Waals surface area contributed by atoms with Crippen LogP contribution in [0.1, 0.15) is 50.7 Å². The molecule has 0 aromatic heterocycles. The van der Waals surface area contributed by atoms with E-state index in [1.54, 1.807) is 0 Å². The molecule has 0 unspecified atom stereocenters. The average Bonchev–Trinajstić information content (AvgIpc) is 2.34. The minimum atomic E-state index is 0.693. The van der Waals surface area contributed by atoms with Gasteiger partial charge >= 0.3 is 0 Å². The molecule has 0 amide bonds. The first-order valence-electron chi connectivity index (χ1n) is 7.05. The number of aryl methyl sites for hydroxylation is 2. The second-order valence-corrected chi connectivity index (χ2v) is 5.60. The van der Waals surface area contributed by atoms with Gasteiger partial charge in [0.25, 0.3) is 0 Å². The van der Waals surface area contributed by atoms with Crippen molar-refractivity contribution in [3.05, 3.63) is 29.3 Å². The summed E-state index contributed by atoms with van der Waals surface area (Å²) in [4.78, 5) is 0. The fourth-order valence-corrected chi connectivity index (χ4v) is 2.78. The van der Waals surface area contributed by atoms with Gasteiger partial charge in [0, 0.05) is 11.7 Å². The molecule has 1 aliphatic rings. The maximum absolute atomic E-state index is 3.70. The predicted molar refractivity (Wildman–Crippen MR) is 75.6 cm³/mol. The molecule has 1 aliphatic carbocycles. The van der Waals surface area contributed by atoms with Crippen molar-refractivity contribution in [1.82, 2.24) is 0 Å². The lowest BCUT2D eigenvalue weighted by atomic mass is 9.87. The van der Waals surface area contributed by atoms with Crippen LogP contribution in [0.2, 0.25) is 0 Å². The Morgan fingerprint density at radius 3 is 2.53 bits per heavy atom. The van der Waals surface area contributed by atoms with Crippen molar-refractivity contribution in [3.63, 3.8) is 0 Å². The van der Waals surface area contributed by atoms with Crippen LogP contribution in [0.25, 0.3) is 0 Å². The molecule has 1 saturated carbocycles. The lowest BCUT2D eigenvalue weighted by molar-refractivity contribution is 0.361. The van der Waals surface area contributed by atoms with Crippen LogP contribution in [0.15, 0.2) is 18.2 Å². The maximum atomic E-state index is 3.70. The van der Waals surface area contributed by atoms with Crippen molar-refractivity contribution in [1.29, 1.82) is 0 Å². The van der Waals surface area contributed by atoms with Gasteiger partial charge in [-0.2, -0.15) is 0 Å². The van der Waals surface area contributed by atoms with Gasteiger partial charge in [-0.05, 0) is 68.2 Å². The highest BCUT2D eigenvalue weighted by Crippen LogP contribution is 2.26. The summed E-state index contributed by atoms with van der Waals surface area (Å²) < 4.78 is 0. The van der Waals surface area contributed by atoms with Crippen LogP contribution in [-0.4, -0.2) is 6.04 Å². The Kier molecular flexibility index (Phi) is 4.09. The van der Waals surface area contributed by atoms with Crippen molar-refractivity contribution in [2.45, 2.75) is 58.9 Å². The van der Waals surface area contributed by atoms with Crippen LogP contribution in [0.4, 0.5) is 5.69 Å². The van der Waals surface area contributed by atoms with E-state index < -0.39 is 0 Å². The van der Waals surface area contributed by atoms with E-state index in [0.29, 0.717) is 6.04 Å². The van der Waals surface area contributed by atoms with Crippen LogP contribution in [0.3, 0.4) is 0 Å². The van der Waals surface area contributed by atoms with Crippen molar-refractivity contribution in [3.8, 4) is 0 Å². The summed E-state index contributed by atoms with van der Waals surface area (Å²) in [7, 11) is 0. The van der Waals surface area contributed by atoms with Crippen LogP contribution in [-0.2, 0) is 6.42 Å². The molecule has 0 atom stereocenters. The molecule has 0 spiro atoms. The zero-order chi connectivity index (χ0) is 12.3. The summed E-state index contributed by atoms with van der Waals surface area (Å²) in [6, 6.07) is 7.49. The number of hydrogen-bond donors (Lipinski definition) is 1. The monoisotopic (exact) mass is 231 g/mol. The van der Waals surface area contributed by atoms with Gasteiger partial charge < -0.3 is 5.32 Å². The minimum Gasteiger partial charge on any atom is -0.382 e. The highest BCUT2D eigenvalue weighted by Gasteiger charge is 2.17. The standard InChI is InChI=1S/C16H25N/c1-4-14-11-16(10-7-13(14)3)17-15-8-5-12(2)6-9-15/h7,10-12,15,17H,4-6,8-9H2,1-3H3. The Hall–Kier alpha value is -0.980. The Morgan fingerprint density at radius 2 is 1.88 bits per heavy atom. The number of rotatable bonds is 3. The summed E-state index contributed by atoms with van der Waals surface area (Å²) in [5, 5.41) is 3.70. The lowest BCUT2D eigenvalue weighted by Gasteiger charge is -2.28. The van der Waals surface area contributed by atoms with E-state index in [0.717, 1.165) is 12.3 Å².